The van der Waals surface area contributed by atoms with E-state index in [-0.39, 0.29) is 5.69 Å². The van der Waals surface area contributed by atoms with Crippen molar-refractivity contribution in [3.63, 3.8) is 0 Å². The Morgan fingerprint density at radius 2 is 2.25 bits per heavy atom. The summed E-state index contributed by atoms with van der Waals surface area (Å²) in [5.41, 5.74) is 0.968. The Morgan fingerprint density at radius 1 is 1.45 bits per heavy atom. The molecule has 2 heterocycles. The van der Waals surface area contributed by atoms with Crippen LogP contribution in [0.15, 0.2) is 18.2 Å². The molecule has 1 fully saturated rings. The Balaban J connectivity index is 2.10. The van der Waals surface area contributed by atoms with Crippen molar-refractivity contribution in [3.05, 3.63) is 29.6 Å². The van der Waals surface area contributed by atoms with Crippen molar-refractivity contribution in [1.82, 2.24) is 14.8 Å². The molecule has 20 heavy (non-hydrogen) atoms. The lowest BCUT2D eigenvalue weighted by molar-refractivity contribution is 0.0689. The van der Waals surface area contributed by atoms with Crippen LogP contribution in [0.5, 0.6) is 0 Å². The summed E-state index contributed by atoms with van der Waals surface area (Å²) in [5, 5.41) is 9.01. The predicted molar refractivity (Wildman–Crippen MR) is 77.8 cm³/mol. The van der Waals surface area contributed by atoms with E-state index in [0.717, 1.165) is 44.7 Å². The van der Waals surface area contributed by atoms with Crippen molar-refractivity contribution in [2.45, 2.75) is 32.4 Å². The lowest BCUT2D eigenvalue weighted by atomic mass is 10.1. The van der Waals surface area contributed by atoms with E-state index in [0.29, 0.717) is 6.04 Å². The summed E-state index contributed by atoms with van der Waals surface area (Å²) in [4.78, 5) is 20.0. The van der Waals surface area contributed by atoms with Crippen molar-refractivity contribution in [3.8, 4) is 0 Å². The Morgan fingerprint density at radius 3 is 2.95 bits per heavy atom. The number of hydrogen-bond donors (Lipinski definition) is 1. The molecule has 1 atom stereocenters. The zero-order valence-electron chi connectivity index (χ0n) is 12.2. The van der Waals surface area contributed by atoms with Crippen LogP contribution in [-0.2, 0) is 6.54 Å². The monoisotopic (exact) mass is 277 g/mol. The zero-order chi connectivity index (χ0) is 14.5. The van der Waals surface area contributed by atoms with E-state index in [9.17, 15) is 4.79 Å². The number of nitrogens with zero attached hydrogens (tertiary/aromatic N) is 3. The van der Waals surface area contributed by atoms with Crippen molar-refractivity contribution in [2.24, 2.45) is 0 Å². The topological polar surface area (TPSA) is 56.7 Å². The van der Waals surface area contributed by atoms with Gasteiger partial charge in [-0.2, -0.15) is 0 Å². The summed E-state index contributed by atoms with van der Waals surface area (Å²) < 4.78 is 0. The number of rotatable bonds is 4. The van der Waals surface area contributed by atoms with Gasteiger partial charge < -0.3 is 10.0 Å². The van der Waals surface area contributed by atoms with Crippen molar-refractivity contribution in [1.29, 1.82) is 0 Å². The number of aromatic nitrogens is 1. The highest BCUT2D eigenvalue weighted by Crippen LogP contribution is 2.15. The lowest BCUT2D eigenvalue weighted by Crippen LogP contribution is -2.39. The third kappa shape index (κ3) is 3.77. The molecule has 5 nitrogen and oxygen atoms in total. The van der Waals surface area contributed by atoms with E-state index < -0.39 is 5.97 Å². The molecular weight excluding hydrogens is 254 g/mol. The summed E-state index contributed by atoms with van der Waals surface area (Å²) >= 11 is 0. The molecule has 2 rings (SSSR count). The number of carbonyl (C=O) groups is 1. The van der Waals surface area contributed by atoms with E-state index in [4.69, 9.17) is 5.11 Å². The molecule has 1 aliphatic rings. The molecule has 0 bridgehead atoms. The van der Waals surface area contributed by atoms with Crippen LogP contribution in [0.2, 0.25) is 0 Å². The molecule has 0 aromatic carbocycles. The number of likely N-dealkylation sites (N-methyl/N-ethyl adjacent to an activating group) is 1. The van der Waals surface area contributed by atoms with Crippen LogP contribution < -0.4 is 0 Å². The highest BCUT2D eigenvalue weighted by atomic mass is 16.4. The van der Waals surface area contributed by atoms with Crippen molar-refractivity contribution in [2.75, 3.05) is 26.7 Å². The van der Waals surface area contributed by atoms with Gasteiger partial charge in [-0.05, 0) is 38.6 Å². The Hall–Kier alpha value is -1.46. The fraction of sp³-hybridized carbons (Fsp3) is 0.600. The minimum Gasteiger partial charge on any atom is -0.477 e. The highest BCUT2D eigenvalue weighted by Gasteiger charge is 2.22. The molecule has 5 heteroatoms. The van der Waals surface area contributed by atoms with Crippen LogP contribution in [0, 0.1) is 0 Å². The maximum Gasteiger partial charge on any atom is 0.354 e. The second kappa shape index (κ2) is 6.81. The first kappa shape index (κ1) is 14.9. The first-order chi connectivity index (χ1) is 9.60. The molecule has 1 aromatic heterocycles. The maximum absolute atomic E-state index is 11.0. The molecule has 110 valence electrons. The minimum atomic E-state index is -0.963. The van der Waals surface area contributed by atoms with Gasteiger partial charge >= 0.3 is 5.97 Å². The van der Waals surface area contributed by atoms with E-state index in [1.807, 2.05) is 6.07 Å². The molecule has 1 aliphatic heterocycles. The minimum absolute atomic E-state index is 0.127. The normalized spacial score (nSPS) is 21.6. The maximum atomic E-state index is 11.0. The fourth-order valence-electron chi connectivity index (χ4n) is 2.78. The Labute approximate surface area is 120 Å². The zero-order valence-corrected chi connectivity index (χ0v) is 12.2. The number of aromatic carboxylic acids is 1. The molecule has 1 aromatic rings. The average Bonchev–Trinajstić information content (AvgIpc) is 2.61. The summed E-state index contributed by atoms with van der Waals surface area (Å²) in [6, 6.07) is 5.74. The summed E-state index contributed by atoms with van der Waals surface area (Å²) in [6.45, 7) is 6.16. The first-order valence-corrected chi connectivity index (χ1v) is 7.22. The van der Waals surface area contributed by atoms with Crippen molar-refractivity contribution < 1.29 is 9.90 Å². The van der Waals surface area contributed by atoms with Gasteiger partial charge in [-0.1, -0.05) is 13.0 Å². The van der Waals surface area contributed by atoms with Crippen LogP contribution in [0.25, 0.3) is 0 Å². The van der Waals surface area contributed by atoms with Gasteiger partial charge in [0.1, 0.15) is 5.69 Å². The van der Waals surface area contributed by atoms with E-state index in [2.05, 4.69) is 28.8 Å². The summed E-state index contributed by atoms with van der Waals surface area (Å²) in [6.07, 6.45) is 2.24. The van der Waals surface area contributed by atoms with Gasteiger partial charge in [-0.15, -0.1) is 0 Å². The van der Waals surface area contributed by atoms with Crippen LogP contribution >= 0.6 is 0 Å². The Bertz CT molecular complexity index is 464. The average molecular weight is 277 g/mol. The molecule has 0 saturated carbocycles. The smallest absolute Gasteiger partial charge is 0.354 e. The van der Waals surface area contributed by atoms with Crippen LogP contribution in [0.3, 0.4) is 0 Å². The van der Waals surface area contributed by atoms with Gasteiger partial charge in [0.15, 0.2) is 0 Å². The standard InChI is InChI=1S/C15H23N3O2/c1-3-13-11-17(2)8-5-9-18(13)10-12-6-4-7-14(16-12)15(19)20/h4,6-7,13H,3,5,8-11H2,1-2H3,(H,19,20). The molecule has 0 aliphatic carbocycles. The number of hydrogen-bond acceptors (Lipinski definition) is 4. The highest BCUT2D eigenvalue weighted by molar-refractivity contribution is 5.85. The summed E-state index contributed by atoms with van der Waals surface area (Å²) in [5.74, 6) is -0.963. The fourth-order valence-corrected chi connectivity index (χ4v) is 2.78. The molecule has 1 N–H and O–H groups in total. The van der Waals surface area contributed by atoms with Gasteiger partial charge in [0, 0.05) is 25.7 Å². The van der Waals surface area contributed by atoms with Crippen LogP contribution in [-0.4, -0.2) is 58.6 Å². The third-order valence-corrected chi connectivity index (χ3v) is 3.89. The lowest BCUT2D eigenvalue weighted by Gasteiger charge is -2.29. The van der Waals surface area contributed by atoms with Crippen LogP contribution in [0.4, 0.5) is 0 Å². The van der Waals surface area contributed by atoms with Gasteiger partial charge in [0.05, 0.1) is 5.69 Å². The SMILES string of the molecule is CCC1CN(C)CCCN1Cc1cccc(C(=O)O)n1. The van der Waals surface area contributed by atoms with Gasteiger partial charge in [-0.3, -0.25) is 4.90 Å². The van der Waals surface area contributed by atoms with Gasteiger partial charge in [-0.25, -0.2) is 9.78 Å². The van der Waals surface area contributed by atoms with Gasteiger partial charge in [0.25, 0.3) is 0 Å². The van der Waals surface area contributed by atoms with E-state index in [1.54, 1.807) is 12.1 Å². The summed E-state index contributed by atoms with van der Waals surface area (Å²) in [7, 11) is 2.16. The van der Waals surface area contributed by atoms with Gasteiger partial charge in [0.2, 0.25) is 0 Å². The molecule has 0 spiro atoms. The van der Waals surface area contributed by atoms with E-state index >= 15 is 0 Å². The number of carboxylic acid groups (broad SMARTS) is 1. The predicted octanol–water partition coefficient (Wildman–Crippen LogP) is 1.70. The molecule has 1 unspecified atom stereocenters. The number of carboxylic acids is 1. The Kier molecular flexibility index (Phi) is 5.09. The molecular formula is C15H23N3O2. The van der Waals surface area contributed by atoms with Crippen LogP contribution in [0.1, 0.15) is 35.9 Å². The third-order valence-electron chi connectivity index (χ3n) is 3.89. The number of pyridine rings is 1. The second-order valence-corrected chi connectivity index (χ2v) is 5.47. The van der Waals surface area contributed by atoms with Crippen molar-refractivity contribution >= 4 is 5.97 Å². The first-order valence-electron chi connectivity index (χ1n) is 7.22. The van der Waals surface area contributed by atoms with E-state index in [1.165, 1.54) is 0 Å². The second-order valence-electron chi connectivity index (χ2n) is 5.47. The molecule has 1 saturated heterocycles. The quantitative estimate of drug-likeness (QED) is 0.907. The molecule has 0 radical (unpaired) electrons. The largest absolute Gasteiger partial charge is 0.477 e. The molecule has 0 amide bonds.